The standard InChI is InChI=1S/C26H27N3O3/c1-17(2)24(29-25(30)23-13-8-14-32-23)26(31)28-15-20(18-9-4-3-5-10-18)21-16-27-22-12-7-6-11-19(21)22/h3-14,16-17,20,24,27H,15H2,1-2H3,(H,28,31)(H,29,30). The van der Waals surface area contributed by atoms with E-state index >= 15 is 0 Å². The fourth-order valence-corrected chi connectivity index (χ4v) is 3.94. The quantitative estimate of drug-likeness (QED) is 0.386. The van der Waals surface area contributed by atoms with Gasteiger partial charge in [0.2, 0.25) is 5.91 Å². The molecule has 4 rings (SSSR count). The van der Waals surface area contributed by atoms with Gasteiger partial charge in [-0.05, 0) is 35.2 Å². The number of hydrogen-bond donors (Lipinski definition) is 3. The van der Waals surface area contributed by atoms with Crippen LogP contribution in [0.15, 0.2) is 83.6 Å². The molecule has 3 N–H and O–H groups in total. The molecular weight excluding hydrogens is 402 g/mol. The van der Waals surface area contributed by atoms with Gasteiger partial charge in [-0.3, -0.25) is 9.59 Å². The van der Waals surface area contributed by atoms with Crippen LogP contribution in [0.2, 0.25) is 0 Å². The van der Waals surface area contributed by atoms with E-state index in [2.05, 4.69) is 33.8 Å². The highest BCUT2D eigenvalue weighted by Gasteiger charge is 2.27. The first-order valence-corrected chi connectivity index (χ1v) is 10.8. The maximum Gasteiger partial charge on any atom is 0.287 e. The number of nitrogens with one attached hydrogen (secondary N) is 3. The van der Waals surface area contributed by atoms with E-state index in [1.165, 1.54) is 6.26 Å². The van der Waals surface area contributed by atoms with Gasteiger partial charge >= 0.3 is 0 Å². The molecule has 2 heterocycles. The third-order valence-electron chi connectivity index (χ3n) is 5.66. The number of aromatic nitrogens is 1. The smallest absolute Gasteiger partial charge is 0.287 e. The Balaban J connectivity index is 1.54. The van der Waals surface area contributed by atoms with Crippen LogP contribution in [0.3, 0.4) is 0 Å². The summed E-state index contributed by atoms with van der Waals surface area (Å²) in [5.74, 6) is -0.563. The van der Waals surface area contributed by atoms with Crippen molar-refractivity contribution in [2.75, 3.05) is 6.54 Å². The normalized spacial score (nSPS) is 13.1. The summed E-state index contributed by atoms with van der Waals surface area (Å²) in [7, 11) is 0. The van der Waals surface area contributed by atoms with Crippen molar-refractivity contribution in [1.29, 1.82) is 0 Å². The molecule has 4 aromatic rings. The Kier molecular flexibility index (Phi) is 6.40. The summed E-state index contributed by atoms with van der Waals surface area (Å²) in [6.07, 6.45) is 3.44. The van der Waals surface area contributed by atoms with Crippen molar-refractivity contribution in [2.45, 2.75) is 25.8 Å². The Bertz CT molecular complexity index is 1180. The van der Waals surface area contributed by atoms with Gasteiger partial charge in [-0.25, -0.2) is 0 Å². The molecule has 2 atom stereocenters. The molecule has 0 saturated carbocycles. The molecule has 2 aromatic carbocycles. The van der Waals surface area contributed by atoms with Gasteiger partial charge in [0.05, 0.1) is 6.26 Å². The molecule has 6 nitrogen and oxygen atoms in total. The average molecular weight is 430 g/mol. The molecule has 0 fully saturated rings. The van der Waals surface area contributed by atoms with Crippen molar-refractivity contribution in [3.8, 4) is 0 Å². The maximum absolute atomic E-state index is 13.1. The van der Waals surface area contributed by atoms with Gasteiger partial charge in [0, 0.05) is 29.6 Å². The number of hydrogen-bond acceptors (Lipinski definition) is 3. The molecule has 0 aliphatic rings. The molecule has 0 saturated heterocycles. The molecule has 6 heteroatoms. The van der Waals surface area contributed by atoms with Crippen LogP contribution < -0.4 is 10.6 Å². The zero-order valence-electron chi connectivity index (χ0n) is 18.2. The molecule has 0 radical (unpaired) electrons. The summed E-state index contributed by atoms with van der Waals surface area (Å²) in [5, 5.41) is 6.99. The summed E-state index contributed by atoms with van der Waals surface area (Å²) >= 11 is 0. The lowest BCUT2D eigenvalue weighted by Gasteiger charge is -2.24. The number of H-pyrrole nitrogens is 1. The van der Waals surface area contributed by atoms with Crippen molar-refractivity contribution < 1.29 is 14.0 Å². The van der Waals surface area contributed by atoms with Crippen molar-refractivity contribution in [1.82, 2.24) is 15.6 Å². The summed E-state index contributed by atoms with van der Waals surface area (Å²) in [5.41, 5.74) is 3.28. The lowest BCUT2D eigenvalue weighted by molar-refractivity contribution is -0.123. The highest BCUT2D eigenvalue weighted by Crippen LogP contribution is 2.30. The number of rotatable bonds is 8. The predicted octanol–water partition coefficient (Wildman–Crippen LogP) is 4.46. The fourth-order valence-electron chi connectivity index (χ4n) is 3.94. The van der Waals surface area contributed by atoms with E-state index in [1.54, 1.807) is 12.1 Å². The van der Waals surface area contributed by atoms with E-state index in [0.29, 0.717) is 6.54 Å². The van der Waals surface area contributed by atoms with Crippen molar-refractivity contribution in [3.05, 3.63) is 96.1 Å². The van der Waals surface area contributed by atoms with Crippen LogP contribution in [0, 0.1) is 5.92 Å². The highest BCUT2D eigenvalue weighted by atomic mass is 16.3. The summed E-state index contributed by atoms with van der Waals surface area (Å²) in [4.78, 5) is 28.9. The Morgan fingerprint density at radius 3 is 2.44 bits per heavy atom. The van der Waals surface area contributed by atoms with Crippen LogP contribution in [0.1, 0.15) is 41.4 Å². The molecule has 0 aliphatic carbocycles. The third kappa shape index (κ3) is 4.59. The van der Waals surface area contributed by atoms with E-state index in [1.807, 2.05) is 56.4 Å². The number of carbonyl (C=O) groups is 2. The molecule has 2 aromatic heterocycles. The van der Waals surface area contributed by atoms with Gasteiger partial charge in [-0.2, -0.15) is 0 Å². The Morgan fingerprint density at radius 2 is 1.72 bits per heavy atom. The minimum atomic E-state index is -0.674. The Morgan fingerprint density at radius 1 is 0.969 bits per heavy atom. The zero-order valence-corrected chi connectivity index (χ0v) is 18.2. The molecule has 2 unspecified atom stereocenters. The van der Waals surface area contributed by atoms with Crippen LogP contribution in [-0.2, 0) is 4.79 Å². The van der Waals surface area contributed by atoms with E-state index in [-0.39, 0.29) is 23.5 Å². The lowest BCUT2D eigenvalue weighted by atomic mass is 9.90. The Hall–Kier alpha value is -3.80. The number of amides is 2. The summed E-state index contributed by atoms with van der Waals surface area (Å²) < 4.78 is 5.15. The van der Waals surface area contributed by atoms with E-state index in [4.69, 9.17) is 4.42 Å². The number of fused-ring (bicyclic) bond motifs is 1. The van der Waals surface area contributed by atoms with Crippen LogP contribution >= 0.6 is 0 Å². The highest BCUT2D eigenvalue weighted by molar-refractivity contribution is 5.95. The first-order valence-electron chi connectivity index (χ1n) is 10.8. The maximum atomic E-state index is 13.1. The van der Waals surface area contributed by atoms with Crippen molar-refractivity contribution >= 4 is 22.7 Å². The minimum absolute atomic E-state index is 0.0371. The van der Waals surface area contributed by atoms with Crippen molar-refractivity contribution in [2.24, 2.45) is 5.92 Å². The average Bonchev–Trinajstić information content (AvgIpc) is 3.49. The van der Waals surface area contributed by atoms with Gasteiger partial charge in [0.25, 0.3) is 5.91 Å². The van der Waals surface area contributed by atoms with Gasteiger partial charge in [-0.1, -0.05) is 62.4 Å². The zero-order chi connectivity index (χ0) is 22.5. The fraction of sp³-hybridized carbons (Fsp3) is 0.231. The molecule has 164 valence electrons. The van der Waals surface area contributed by atoms with Gasteiger partial charge in [0.1, 0.15) is 6.04 Å². The van der Waals surface area contributed by atoms with E-state index in [0.717, 1.165) is 22.0 Å². The van der Waals surface area contributed by atoms with Crippen molar-refractivity contribution in [3.63, 3.8) is 0 Å². The third-order valence-corrected chi connectivity index (χ3v) is 5.66. The second kappa shape index (κ2) is 9.56. The minimum Gasteiger partial charge on any atom is -0.459 e. The first kappa shape index (κ1) is 21.4. The van der Waals surface area contributed by atoms with Crippen LogP contribution in [0.5, 0.6) is 0 Å². The number of aromatic amines is 1. The number of carbonyl (C=O) groups excluding carboxylic acids is 2. The van der Waals surface area contributed by atoms with Crippen LogP contribution in [0.4, 0.5) is 0 Å². The summed E-state index contributed by atoms with van der Waals surface area (Å²) in [6.45, 7) is 4.21. The molecule has 32 heavy (non-hydrogen) atoms. The predicted molar refractivity (Wildman–Crippen MR) is 124 cm³/mol. The van der Waals surface area contributed by atoms with Gasteiger partial charge in [-0.15, -0.1) is 0 Å². The molecule has 0 aliphatic heterocycles. The van der Waals surface area contributed by atoms with Gasteiger partial charge < -0.3 is 20.0 Å². The SMILES string of the molecule is CC(C)C(NC(=O)c1ccco1)C(=O)NCC(c1ccccc1)c1c[nH]c2ccccc12. The molecule has 0 bridgehead atoms. The van der Waals surface area contributed by atoms with E-state index < -0.39 is 11.9 Å². The van der Waals surface area contributed by atoms with Crippen LogP contribution in [-0.4, -0.2) is 29.4 Å². The largest absolute Gasteiger partial charge is 0.459 e. The molecule has 0 spiro atoms. The number of para-hydroxylation sites is 1. The van der Waals surface area contributed by atoms with E-state index in [9.17, 15) is 9.59 Å². The van der Waals surface area contributed by atoms with Gasteiger partial charge in [0.15, 0.2) is 5.76 Å². The Labute approximate surface area is 187 Å². The number of furan rings is 1. The lowest BCUT2D eigenvalue weighted by Crippen LogP contribution is -2.50. The molecular formula is C26H27N3O3. The monoisotopic (exact) mass is 429 g/mol. The van der Waals surface area contributed by atoms with Crippen LogP contribution in [0.25, 0.3) is 10.9 Å². The second-order valence-electron chi connectivity index (χ2n) is 8.17. The topological polar surface area (TPSA) is 87.1 Å². The molecule has 2 amide bonds. The number of benzene rings is 2. The summed E-state index contributed by atoms with van der Waals surface area (Å²) in [6, 6.07) is 20.8. The second-order valence-corrected chi connectivity index (χ2v) is 8.17. The first-order chi connectivity index (χ1) is 15.5.